The molecule has 6 rings (SSSR count). The predicted molar refractivity (Wildman–Crippen MR) is 125 cm³/mol. The van der Waals surface area contributed by atoms with E-state index in [2.05, 4.69) is 38.7 Å². The summed E-state index contributed by atoms with van der Waals surface area (Å²) in [7, 11) is 0. The van der Waals surface area contributed by atoms with Crippen molar-refractivity contribution in [3.05, 3.63) is 59.3 Å². The van der Waals surface area contributed by atoms with Gasteiger partial charge >= 0.3 is 0 Å². The van der Waals surface area contributed by atoms with E-state index in [0.717, 1.165) is 61.4 Å². The number of rotatable bonds is 4. The Labute approximate surface area is 202 Å². The van der Waals surface area contributed by atoms with Gasteiger partial charge in [0, 0.05) is 31.0 Å². The van der Waals surface area contributed by atoms with E-state index in [1.807, 2.05) is 29.9 Å². The smallest absolute Gasteiger partial charge is 0.179 e. The Morgan fingerprint density at radius 3 is 2.83 bits per heavy atom. The summed E-state index contributed by atoms with van der Waals surface area (Å²) >= 11 is 0. The second-order valence-electron chi connectivity index (χ2n) is 9.04. The average Bonchev–Trinajstić information content (AvgIpc) is 3.61. The Morgan fingerprint density at radius 2 is 2.03 bits per heavy atom. The fraction of sp³-hybridized carbons (Fsp3) is 0.360. The molecule has 0 aromatic carbocycles. The molecule has 0 saturated carbocycles. The van der Waals surface area contributed by atoms with Crippen LogP contribution in [0.1, 0.15) is 53.9 Å². The molecule has 35 heavy (non-hydrogen) atoms. The van der Waals surface area contributed by atoms with Gasteiger partial charge in [0.1, 0.15) is 34.7 Å². The van der Waals surface area contributed by atoms with Gasteiger partial charge in [-0.2, -0.15) is 15.6 Å². The topological polar surface area (TPSA) is 121 Å². The molecular formula is C25H23N9O. The summed E-state index contributed by atoms with van der Waals surface area (Å²) in [6.45, 7) is 3.46. The van der Waals surface area contributed by atoms with E-state index in [4.69, 9.17) is 10.00 Å². The van der Waals surface area contributed by atoms with Gasteiger partial charge in [-0.15, -0.1) is 5.10 Å². The highest BCUT2D eigenvalue weighted by Crippen LogP contribution is 2.38. The molecule has 5 heterocycles. The number of pyridine rings is 2. The van der Waals surface area contributed by atoms with Gasteiger partial charge in [-0.05, 0) is 50.3 Å². The molecule has 10 nitrogen and oxygen atoms in total. The Hall–Kier alpha value is -4.44. The number of hydrogen-bond acceptors (Lipinski definition) is 8. The van der Waals surface area contributed by atoms with Crippen LogP contribution in [-0.4, -0.2) is 47.6 Å². The monoisotopic (exact) mass is 465 g/mol. The second-order valence-corrected chi connectivity index (χ2v) is 9.04. The van der Waals surface area contributed by atoms with Gasteiger partial charge in [0.05, 0.1) is 23.6 Å². The van der Waals surface area contributed by atoms with Crippen LogP contribution in [0.25, 0.3) is 16.8 Å². The fourth-order valence-electron chi connectivity index (χ4n) is 5.19. The number of ether oxygens (including phenoxy) is 1. The molecule has 0 amide bonds. The lowest BCUT2D eigenvalue weighted by molar-refractivity contribution is 0.205. The minimum Gasteiger partial charge on any atom is -0.482 e. The first kappa shape index (κ1) is 21.1. The van der Waals surface area contributed by atoms with E-state index in [-0.39, 0.29) is 12.1 Å². The van der Waals surface area contributed by atoms with Crippen molar-refractivity contribution in [2.75, 3.05) is 13.1 Å². The Kier molecular flexibility index (Phi) is 5.07. The maximum absolute atomic E-state index is 9.66. The van der Waals surface area contributed by atoms with Gasteiger partial charge < -0.3 is 9.64 Å². The number of likely N-dealkylation sites (tertiary alicyclic amines) is 1. The van der Waals surface area contributed by atoms with Crippen LogP contribution in [0.15, 0.2) is 36.8 Å². The molecule has 1 fully saturated rings. The predicted octanol–water partition coefficient (Wildman–Crippen LogP) is 3.35. The van der Waals surface area contributed by atoms with Crippen molar-refractivity contribution in [1.29, 1.82) is 10.5 Å². The SMILES string of the molecule is Cc1c(-c2cc(O[C@@H]3CCc4cccnc43)c3c(C#N)cnn3c2)nnn1C1CCN(C#N)CC1. The highest BCUT2D eigenvalue weighted by atomic mass is 16.5. The van der Waals surface area contributed by atoms with Crippen LogP contribution in [0.2, 0.25) is 0 Å². The Bertz CT molecular complexity index is 1500. The van der Waals surface area contributed by atoms with E-state index in [9.17, 15) is 5.26 Å². The summed E-state index contributed by atoms with van der Waals surface area (Å²) in [5.41, 5.74) is 5.74. The third-order valence-electron chi connectivity index (χ3n) is 7.03. The number of hydrogen-bond donors (Lipinski definition) is 0. The molecule has 1 aliphatic heterocycles. The zero-order chi connectivity index (χ0) is 23.9. The minimum atomic E-state index is -0.186. The van der Waals surface area contributed by atoms with E-state index < -0.39 is 0 Å². The molecular weight excluding hydrogens is 442 g/mol. The van der Waals surface area contributed by atoms with Crippen LogP contribution in [-0.2, 0) is 6.42 Å². The summed E-state index contributed by atoms with van der Waals surface area (Å²) in [5.74, 6) is 0.580. The molecule has 1 aliphatic carbocycles. The minimum absolute atomic E-state index is 0.186. The van der Waals surface area contributed by atoms with Crippen LogP contribution in [0, 0.1) is 29.7 Å². The number of fused-ring (bicyclic) bond motifs is 2. The molecule has 10 heteroatoms. The molecule has 1 saturated heterocycles. The van der Waals surface area contributed by atoms with Gasteiger partial charge in [0.25, 0.3) is 0 Å². The van der Waals surface area contributed by atoms with Crippen molar-refractivity contribution in [2.24, 2.45) is 0 Å². The molecule has 2 aliphatic rings. The zero-order valence-electron chi connectivity index (χ0n) is 19.3. The van der Waals surface area contributed by atoms with E-state index >= 15 is 0 Å². The Morgan fingerprint density at radius 1 is 1.17 bits per heavy atom. The van der Waals surface area contributed by atoms with E-state index in [1.54, 1.807) is 21.8 Å². The summed E-state index contributed by atoms with van der Waals surface area (Å²) in [6, 6.07) is 8.39. The highest BCUT2D eigenvalue weighted by molar-refractivity contribution is 5.74. The third kappa shape index (κ3) is 3.55. The van der Waals surface area contributed by atoms with E-state index in [1.165, 1.54) is 5.56 Å². The number of aryl methyl sites for hydroxylation is 1. The molecule has 4 aromatic heterocycles. The van der Waals surface area contributed by atoms with Crippen molar-refractivity contribution in [1.82, 2.24) is 34.5 Å². The Balaban J connectivity index is 1.38. The van der Waals surface area contributed by atoms with Crippen molar-refractivity contribution in [3.8, 4) is 29.3 Å². The van der Waals surface area contributed by atoms with E-state index in [0.29, 0.717) is 16.8 Å². The number of nitriles is 2. The first-order valence-corrected chi connectivity index (χ1v) is 11.7. The molecule has 4 aromatic rings. The first-order chi connectivity index (χ1) is 17.2. The van der Waals surface area contributed by atoms with Crippen molar-refractivity contribution in [2.45, 2.75) is 44.8 Å². The van der Waals surface area contributed by atoms with Gasteiger partial charge in [-0.1, -0.05) is 11.3 Å². The molecule has 0 bridgehead atoms. The van der Waals surface area contributed by atoms with Gasteiger partial charge in [-0.25, -0.2) is 9.20 Å². The molecule has 0 N–H and O–H groups in total. The van der Waals surface area contributed by atoms with Crippen molar-refractivity contribution in [3.63, 3.8) is 0 Å². The first-order valence-electron chi connectivity index (χ1n) is 11.7. The largest absolute Gasteiger partial charge is 0.482 e. The maximum atomic E-state index is 9.66. The quantitative estimate of drug-likeness (QED) is 0.421. The number of aromatic nitrogens is 6. The van der Waals surface area contributed by atoms with Gasteiger partial charge in [-0.3, -0.25) is 4.98 Å². The fourth-order valence-corrected chi connectivity index (χ4v) is 5.19. The van der Waals surface area contributed by atoms with Crippen molar-refractivity contribution < 1.29 is 4.74 Å². The van der Waals surface area contributed by atoms with Crippen LogP contribution < -0.4 is 4.74 Å². The van der Waals surface area contributed by atoms with Crippen LogP contribution in [0.5, 0.6) is 5.75 Å². The lowest BCUT2D eigenvalue weighted by Gasteiger charge is -2.28. The lowest BCUT2D eigenvalue weighted by atomic mass is 10.0. The van der Waals surface area contributed by atoms with Crippen LogP contribution in [0.4, 0.5) is 0 Å². The summed E-state index contributed by atoms with van der Waals surface area (Å²) in [6.07, 6.45) is 10.7. The molecule has 0 unspecified atom stereocenters. The molecule has 0 spiro atoms. The summed E-state index contributed by atoms with van der Waals surface area (Å²) in [5, 5.41) is 32.2. The van der Waals surface area contributed by atoms with Crippen LogP contribution in [0.3, 0.4) is 0 Å². The summed E-state index contributed by atoms with van der Waals surface area (Å²) in [4.78, 5) is 6.33. The number of piperidine rings is 1. The highest BCUT2D eigenvalue weighted by Gasteiger charge is 2.28. The normalized spacial score (nSPS) is 17.8. The average molecular weight is 466 g/mol. The summed E-state index contributed by atoms with van der Waals surface area (Å²) < 4.78 is 10.1. The molecule has 1 atom stereocenters. The third-order valence-corrected chi connectivity index (χ3v) is 7.03. The maximum Gasteiger partial charge on any atom is 0.179 e. The zero-order valence-corrected chi connectivity index (χ0v) is 19.3. The van der Waals surface area contributed by atoms with Gasteiger partial charge in [0.15, 0.2) is 6.19 Å². The van der Waals surface area contributed by atoms with Gasteiger partial charge in [0.2, 0.25) is 0 Å². The molecule has 174 valence electrons. The van der Waals surface area contributed by atoms with Crippen molar-refractivity contribution >= 4 is 5.52 Å². The lowest BCUT2D eigenvalue weighted by Crippen LogP contribution is -2.31. The number of nitrogens with zero attached hydrogens (tertiary/aromatic N) is 9. The standard InChI is InChI=1S/C25H23N9O/c1-16-23(30-31-34(16)20-6-9-32(15-27)10-7-20)18-11-22(25-19(12-26)13-29-33(25)14-18)35-21-5-4-17-3-2-8-28-24(17)21/h2-3,8,11,13-14,20-21H,4-7,9-10H2,1H3/t21-/m1/s1. The second kappa shape index (κ2) is 8.41. The van der Waals surface area contributed by atoms with Crippen LogP contribution >= 0.6 is 0 Å². The molecule has 0 radical (unpaired) electrons.